The second kappa shape index (κ2) is 6.55. The van der Waals surface area contributed by atoms with Gasteiger partial charge in [-0.25, -0.2) is 5.01 Å². The third-order valence-corrected chi connectivity index (χ3v) is 4.46. The van der Waals surface area contributed by atoms with Gasteiger partial charge in [-0.1, -0.05) is 66.6 Å². The smallest absolute Gasteiger partial charge is 0.242 e. The summed E-state index contributed by atoms with van der Waals surface area (Å²) < 4.78 is 0. The van der Waals surface area contributed by atoms with Crippen LogP contribution in [0.3, 0.4) is 0 Å². The molecule has 1 aliphatic heterocycles. The van der Waals surface area contributed by atoms with Crippen molar-refractivity contribution in [3.63, 3.8) is 0 Å². The van der Waals surface area contributed by atoms with E-state index in [9.17, 15) is 4.79 Å². The van der Waals surface area contributed by atoms with Crippen LogP contribution in [-0.4, -0.2) is 16.6 Å². The molecule has 0 radical (unpaired) electrons. The Kier molecular flexibility index (Phi) is 4.49. The van der Waals surface area contributed by atoms with Crippen LogP contribution in [0.4, 0.5) is 0 Å². The zero-order valence-electron chi connectivity index (χ0n) is 13.3. The topological polar surface area (TPSA) is 32.7 Å². The average molecular weight is 327 g/mol. The van der Waals surface area contributed by atoms with Crippen molar-refractivity contribution >= 4 is 23.2 Å². The minimum absolute atomic E-state index is 0.0111. The molecule has 1 aliphatic rings. The number of halogens is 1. The first-order chi connectivity index (χ1) is 11.1. The average Bonchev–Trinajstić information content (AvgIpc) is 3.00. The van der Waals surface area contributed by atoms with Crippen molar-refractivity contribution in [1.29, 1.82) is 0 Å². The van der Waals surface area contributed by atoms with E-state index < -0.39 is 0 Å². The van der Waals surface area contributed by atoms with Gasteiger partial charge in [-0.3, -0.25) is 4.79 Å². The highest BCUT2D eigenvalue weighted by atomic mass is 35.5. The third kappa shape index (κ3) is 3.15. The van der Waals surface area contributed by atoms with Crippen LogP contribution in [0.5, 0.6) is 0 Å². The molecule has 3 nitrogen and oxygen atoms in total. The first-order valence-electron chi connectivity index (χ1n) is 7.81. The highest BCUT2D eigenvalue weighted by Gasteiger charge is 2.33. The van der Waals surface area contributed by atoms with Crippen LogP contribution in [0.15, 0.2) is 53.6 Å². The molecule has 0 spiro atoms. The number of nitrogens with zero attached hydrogens (tertiary/aromatic N) is 2. The lowest BCUT2D eigenvalue weighted by Gasteiger charge is -2.22. The molecule has 0 fully saturated rings. The summed E-state index contributed by atoms with van der Waals surface area (Å²) in [6, 6.07) is 15.8. The van der Waals surface area contributed by atoms with Crippen LogP contribution in [0.2, 0.25) is 5.02 Å². The summed E-state index contributed by atoms with van der Waals surface area (Å²) in [6.07, 6.45) is 1.10. The molecule has 0 unspecified atom stereocenters. The molecule has 1 atom stereocenters. The van der Waals surface area contributed by atoms with Gasteiger partial charge in [-0.05, 0) is 24.1 Å². The van der Waals surface area contributed by atoms with Crippen molar-refractivity contribution in [3.8, 4) is 0 Å². The number of aryl methyl sites for hydroxylation is 1. The molecular weight excluding hydrogens is 308 g/mol. The molecule has 0 aromatic heterocycles. The van der Waals surface area contributed by atoms with E-state index in [1.807, 2.05) is 31.2 Å². The number of hydrogen-bond acceptors (Lipinski definition) is 2. The molecule has 0 saturated carbocycles. The van der Waals surface area contributed by atoms with E-state index in [-0.39, 0.29) is 11.9 Å². The lowest BCUT2D eigenvalue weighted by molar-refractivity contribution is -0.132. The Morgan fingerprint density at radius 3 is 2.57 bits per heavy atom. The van der Waals surface area contributed by atoms with Gasteiger partial charge in [0, 0.05) is 17.9 Å². The van der Waals surface area contributed by atoms with Gasteiger partial charge >= 0.3 is 0 Å². The van der Waals surface area contributed by atoms with Crippen LogP contribution in [-0.2, 0) is 4.79 Å². The largest absolute Gasteiger partial charge is 0.273 e. The van der Waals surface area contributed by atoms with Gasteiger partial charge in [-0.15, -0.1) is 0 Å². The second-order valence-corrected chi connectivity index (χ2v) is 6.15. The van der Waals surface area contributed by atoms with Crippen molar-refractivity contribution in [2.75, 3.05) is 0 Å². The zero-order valence-corrected chi connectivity index (χ0v) is 14.0. The quantitative estimate of drug-likeness (QED) is 0.802. The number of carbonyl (C=O) groups excluding carboxylic acids is 1. The summed E-state index contributed by atoms with van der Waals surface area (Å²) in [5, 5.41) is 6.87. The van der Waals surface area contributed by atoms with Crippen LogP contribution in [0.1, 0.15) is 42.5 Å². The van der Waals surface area contributed by atoms with Crippen LogP contribution in [0.25, 0.3) is 0 Å². The van der Waals surface area contributed by atoms with E-state index in [0.717, 1.165) is 16.8 Å². The summed E-state index contributed by atoms with van der Waals surface area (Å²) in [5.41, 5.74) is 4.13. The SMILES string of the molecule is CCC(=O)N1N=C(c2ccc(C)cc2)C[C@H]1c1ccccc1Cl. The third-order valence-electron chi connectivity index (χ3n) is 4.12. The van der Waals surface area contributed by atoms with E-state index in [0.29, 0.717) is 17.9 Å². The predicted octanol–water partition coefficient (Wildman–Crippen LogP) is 4.74. The van der Waals surface area contributed by atoms with Crippen molar-refractivity contribution < 1.29 is 4.79 Å². The first-order valence-corrected chi connectivity index (χ1v) is 8.19. The van der Waals surface area contributed by atoms with Gasteiger partial charge in [0.1, 0.15) is 0 Å². The predicted molar refractivity (Wildman–Crippen MR) is 93.7 cm³/mol. The molecule has 23 heavy (non-hydrogen) atoms. The fourth-order valence-electron chi connectivity index (χ4n) is 2.81. The fourth-order valence-corrected chi connectivity index (χ4v) is 3.07. The Bertz CT molecular complexity index is 752. The van der Waals surface area contributed by atoms with Gasteiger partial charge in [0.15, 0.2) is 0 Å². The van der Waals surface area contributed by atoms with Crippen molar-refractivity contribution in [2.45, 2.75) is 32.7 Å². The maximum Gasteiger partial charge on any atom is 0.242 e. The maximum atomic E-state index is 12.3. The molecule has 4 heteroatoms. The van der Waals surface area contributed by atoms with Crippen molar-refractivity contribution in [3.05, 3.63) is 70.2 Å². The summed E-state index contributed by atoms with van der Waals surface area (Å²) in [7, 11) is 0. The minimum Gasteiger partial charge on any atom is -0.273 e. The number of hydrogen-bond donors (Lipinski definition) is 0. The molecule has 0 N–H and O–H groups in total. The molecule has 2 aromatic carbocycles. The van der Waals surface area contributed by atoms with E-state index in [2.05, 4.69) is 36.3 Å². The molecule has 118 valence electrons. The number of carbonyl (C=O) groups is 1. The number of hydrazone groups is 1. The Morgan fingerprint density at radius 1 is 1.22 bits per heavy atom. The van der Waals surface area contributed by atoms with Gasteiger partial charge < -0.3 is 0 Å². The van der Waals surface area contributed by atoms with Gasteiger partial charge in [0.2, 0.25) is 5.91 Å². The lowest BCUT2D eigenvalue weighted by atomic mass is 9.98. The zero-order chi connectivity index (χ0) is 16.4. The summed E-state index contributed by atoms with van der Waals surface area (Å²) >= 11 is 6.34. The molecule has 1 amide bonds. The Labute approximate surface area is 141 Å². The Hall–Kier alpha value is -2.13. The summed E-state index contributed by atoms with van der Waals surface area (Å²) in [6.45, 7) is 3.91. The highest BCUT2D eigenvalue weighted by Crippen LogP contribution is 2.36. The molecule has 1 heterocycles. The molecule has 0 bridgehead atoms. The lowest BCUT2D eigenvalue weighted by Crippen LogP contribution is -2.26. The Morgan fingerprint density at radius 2 is 1.91 bits per heavy atom. The van der Waals surface area contributed by atoms with Crippen LogP contribution >= 0.6 is 11.6 Å². The van der Waals surface area contributed by atoms with Crippen molar-refractivity contribution in [2.24, 2.45) is 5.10 Å². The van der Waals surface area contributed by atoms with Crippen LogP contribution < -0.4 is 0 Å². The standard InChI is InChI=1S/C19H19ClN2O/c1-3-19(23)22-18(15-6-4-5-7-16(15)20)12-17(21-22)14-10-8-13(2)9-11-14/h4-11,18H,3,12H2,1-2H3/t18-/m0/s1. The van der Waals surface area contributed by atoms with E-state index >= 15 is 0 Å². The molecular formula is C19H19ClN2O. The summed E-state index contributed by atoms with van der Waals surface area (Å²) in [4.78, 5) is 12.3. The van der Waals surface area contributed by atoms with Gasteiger partial charge in [-0.2, -0.15) is 5.10 Å². The first kappa shape index (κ1) is 15.8. The fraction of sp³-hybridized carbons (Fsp3) is 0.263. The van der Waals surface area contributed by atoms with E-state index in [4.69, 9.17) is 11.6 Å². The molecule has 2 aromatic rings. The summed E-state index contributed by atoms with van der Waals surface area (Å²) in [5.74, 6) is 0.0111. The number of rotatable bonds is 3. The number of benzene rings is 2. The molecule has 0 saturated heterocycles. The van der Waals surface area contributed by atoms with Crippen LogP contribution in [0, 0.1) is 6.92 Å². The molecule has 0 aliphatic carbocycles. The number of amides is 1. The maximum absolute atomic E-state index is 12.3. The van der Waals surface area contributed by atoms with Gasteiger partial charge in [0.25, 0.3) is 0 Å². The van der Waals surface area contributed by atoms with E-state index in [1.165, 1.54) is 5.56 Å². The molecule has 3 rings (SSSR count). The van der Waals surface area contributed by atoms with Gasteiger partial charge in [0.05, 0.1) is 11.8 Å². The normalized spacial score (nSPS) is 17.3. The minimum atomic E-state index is -0.132. The van der Waals surface area contributed by atoms with Crippen molar-refractivity contribution in [1.82, 2.24) is 5.01 Å². The monoisotopic (exact) mass is 326 g/mol. The Balaban J connectivity index is 1.97. The highest BCUT2D eigenvalue weighted by molar-refractivity contribution is 6.31. The van der Waals surface area contributed by atoms with E-state index in [1.54, 1.807) is 5.01 Å². The second-order valence-electron chi connectivity index (χ2n) is 5.75.